The van der Waals surface area contributed by atoms with Crippen molar-refractivity contribution in [1.82, 2.24) is 9.97 Å². The Hall–Kier alpha value is -5.94. The second kappa shape index (κ2) is 9.29. The van der Waals surface area contributed by atoms with E-state index in [1.807, 2.05) is 18.2 Å². The first-order chi connectivity index (χ1) is 21.3. The Morgan fingerprint density at radius 1 is 0.488 bits per heavy atom. The number of nitrogens with zero attached hydrogens (tertiary/aromatic N) is 3. The van der Waals surface area contributed by atoms with Gasteiger partial charge < -0.3 is 13.7 Å². The van der Waals surface area contributed by atoms with Gasteiger partial charge in [-0.25, -0.2) is 4.98 Å². The number of fused-ring (bicyclic) bond motifs is 7. The fourth-order valence-corrected chi connectivity index (χ4v) is 6.20. The monoisotopic (exact) mass is 553 g/mol. The van der Waals surface area contributed by atoms with E-state index >= 15 is 0 Å². The zero-order valence-corrected chi connectivity index (χ0v) is 22.9. The molecule has 0 fully saturated rings. The summed E-state index contributed by atoms with van der Waals surface area (Å²) in [6.45, 7) is 0. The summed E-state index contributed by atoms with van der Waals surface area (Å²) in [5, 5.41) is 6.44. The fourth-order valence-electron chi connectivity index (χ4n) is 6.20. The van der Waals surface area contributed by atoms with Crippen molar-refractivity contribution in [2.75, 3.05) is 4.90 Å². The zero-order chi connectivity index (χ0) is 28.3. The molecule has 0 saturated carbocycles. The van der Waals surface area contributed by atoms with Gasteiger partial charge in [-0.15, -0.1) is 0 Å². The van der Waals surface area contributed by atoms with Crippen LogP contribution in [0.1, 0.15) is 0 Å². The van der Waals surface area contributed by atoms with Gasteiger partial charge in [0.05, 0.1) is 11.9 Å². The van der Waals surface area contributed by atoms with E-state index in [1.165, 1.54) is 5.39 Å². The van der Waals surface area contributed by atoms with E-state index in [1.54, 1.807) is 18.6 Å². The van der Waals surface area contributed by atoms with Crippen LogP contribution in [0.25, 0.3) is 65.9 Å². The van der Waals surface area contributed by atoms with Crippen LogP contribution in [0, 0.1) is 0 Å². The largest absolute Gasteiger partial charge is 0.454 e. The maximum Gasteiger partial charge on any atom is 0.227 e. The highest BCUT2D eigenvalue weighted by Gasteiger charge is 2.20. The highest BCUT2D eigenvalue weighted by atomic mass is 16.3. The predicted octanol–water partition coefficient (Wildman–Crippen LogP) is 10.6. The molecule has 0 atom stereocenters. The number of anilines is 3. The van der Waals surface area contributed by atoms with Crippen LogP contribution in [0.4, 0.5) is 17.1 Å². The minimum Gasteiger partial charge on any atom is -0.454 e. The van der Waals surface area contributed by atoms with Crippen LogP contribution in [0.15, 0.2) is 149 Å². The fraction of sp³-hybridized carbons (Fsp3) is 0. The van der Waals surface area contributed by atoms with Crippen LogP contribution in [0.5, 0.6) is 0 Å². The molecule has 0 radical (unpaired) electrons. The van der Waals surface area contributed by atoms with Gasteiger partial charge in [0.1, 0.15) is 11.2 Å². The van der Waals surface area contributed by atoms with Gasteiger partial charge in [0, 0.05) is 56.8 Å². The lowest BCUT2D eigenvalue weighted by atomic mass is 9.98. The molecular formula is C38H23N3O2. The van der Waals surface area contributed by atoms with Gasteiger partial charge in [-0.1, -0.05) is 54.6 Å². The lowest BCUT2D eigenvalue weighted by Gasteiger charge is -2.27. The Kier molecular flexibility index (Phi) is 5.13. The molecule has 202 valence electrons. The number of hydrogen-bond acceptors (Lipinski definition) is 5. The first kappa shape index (κ1) is 23.7. The van der Waals surface area contributed by atoms with Crippen LogP contribution < -0.4 is 4.90 Å². The van der Waals surface area contributed by atoms with Crippen LogP contribution in [-0.4, -0.2) is 9.97 Å². The predicted molar refractivity (Wildman–Crippen MR) is 174 cm³/mol. The normalized spacial score (nSPS) is 11.7. The average Bonchev–Trinajstić information content (AvgIpc) is 3.63. The van der Waals surface area contributed by atoms with E-state index < -0.39 is 0 Å². The van der Waals surface area contributed by atoms with Crippen molar-refractivity contribution in [3.05, 3.63) is 140 Å². The van der Waals surface area contributed by atoms with E-state index in [0.717, 1.165) is 71.9 Å². The second-order valence-corrected chi connectivity index (χ2v) is 10.7. The van der Waals surface area contributed by atoms with Gasteiger partial charge in [-0.3, -0.25) is 4.98 Å². The molecule has 4 aromatic heterocycles. The molecule has 0 amide bonds. The highest BCUT2D eigenvalue weighted by molar-refractivity contribution is 6.09. The van der Waals surface area contributed by atoms with Gasteiger partial charge in [0.2, 0.25) is 5.71 Å². The Morgan fingerprint density at radius 3 is 2.26 bits per heavy atom. The molecule has 0 bridgehead atoms. The summed E-state index contributed by atoms with van der Waals surface area (Å²) < 4.78 is 12.4. The molecule has 43 heavy (non-hydrogen) atoms. The van der Waals surface area contributed by atoms with E-state index in [9.17, 15) is 0 Å². The van der Waals surface area contributed by atoms with Crippen LogP contribution in [-0.2, 0) is 0 Å². The Labute approximate surface area is 246 Å². The van der Waals surface area contributed by atoms with Gasteiger partial charge in [0.15, 0.2) is 5.58 Å². The van der Waals surface area contributed by atoms with Gasteiger partial charge in [-0.05, 0) is 77.2 Å². The topological polar surface area (TPSA) is 55.3 Å². The van der Waals surface area contributed by atoms with Crippen LogP contribution >= 0.6 is 0 Å². The lowest BCUT2D eigenvalue weighted by molar-refractivity contribution is 0.654. The maximum absolute atomic E-state index is 6.30. The molecule has 0 aliphatic heterocycles. The molecule has 0 aliphatic carbocycles. The summed E-state index contributed by atoms with van der Waals surface area (Å²) in [4.78, 5) is 11.0. The molecule has 0 spiro atoms. The quantitative estimate of drug-likeness (QED) is 0.217. The van der Waals surface area contributed by atoms with Crippen molar-refractivity contribution in [2.45, 2.75) is 0 Å². The van der Waals surface area contributed by atoms with Crippen molar-refractivity contribution in [3.8, 4) is 11.1 Å². The van der Waals surface area contributed by atoms with Crippen molar-refractivity contribution in [1.29, 1.82) is 0 Å². The first-order valence-electron chi connectivity index (χ1n) is 14.2. The smallest absolute Gasteiger partial charge is 0.227 e. The van der Waals surface area contributed by atoms with Crippen molar-refractivity contribution in [3.63, 3.8) is 0 Å². The third kappa shape index (κ3) is 3.79. The Balaban J connectivity index is 1.35. The third-order valence-electron chi connectivity index (χ3n) is 8.20. The summed E-state index contributed by atoms with van der Waals surface area (Å²) in [5.41, 5.74) is 8.40. The summed E-state index contributed by atoms with van der Waals surface area (Å²) in [6, 6.07) is 42.4. The molecule has 5 nitrogen and oxygen atoms in total. The lowest BCUT2D eigenvalue weighted by Crippen LogP contribution is -2.10. The van der Waals surface area contributed by atoms with Crippen molar-refractivity contribution < 1.29 is 8.83 Å². The Morgan fingerprint density at radius 2 is 1.30 bits per heavy atom. The van der Waals surface area contributed by atoms with E-state index in [4.69, 9.17) is 8.83 Å². The number of furan rings is 2. The molecular weight excluding hydrogens is 530 g/mol. The first-order valence-corrected chi connectivity index (χ1v) is 14.2. The van der Waals surface area contributed by atoms with Gasteiger partial charge in [-0.2, -0.15) is 0 Å². The summed E-state index contributed by atoms with van der Waals surface area (Å²) >= 11 is 0. The van der Waals surface area contributed by atoms with Gasteiger partial charge in [0.25, 0.3) is 0 Å². The third-order valence-corrected chi connectivity index (χ3v) is 8.20. The minimum absolute atomic E-state index is 0.634. The number of benzene rings is 5. The summed E-state index contributed by atoms with van der Waals surface area (Å²) in [5.74, 6) is 0. The molecule has 5 aromatic carbocycles. The molecule has 0 aliphatic rings. The maximum atomic E-state index is 6.30. The SMILES string of the molecule is c1ccc(-c2cc(N(c3ccc4c(c3)oc3cnccc34)c3ccc4oc5ncccc5c4c3)c3ccccc3c2)cc1. The molecule has 0 saturated heterocycles. The molecule has 5 heteroatoms. The van der Waals surface area contributed by atoms with E-state index in [2.05, 4.69) is 118 Å². The Bertz CT molecular complexity index is 2480. The number of hydrogen-bond donors (Lipinski definition) is 0. The van der Waals surface area contributed by atoms with Crippen LogP contribution in [0.3, 0.4) is 0 Å². The standard InChI is InChI=1S/C38H23N3O2/c1-2-7-24(8-3-1)26-19-25-9-4-5-10-29(25)34(20-26)41(27-13-15-35-33(21-27)32-11-6-17-40-38(32)43-35)28-12-14-30-31-16-18-39-23-37(31)42-36(30)22-28/h1-23H. The molecule has 9 rings (SSSR count). The molecule has 9 aromatic rings. The molecule has 0 unspecified atom stereocenters. The van der Waals surface area contributed by atoms with Crippen molar-refractivity contribution in [2.24, 2.45) is 0 Å². The zero-order valence-electron chi connectivity index (χ0n) is 22.9. The second-order valence-electron chi connectivity index (χ2n) is 10.7. The van der Waals surface area contributed by atoms with E-state index in [0.29, 0.717) is 5.71 Å². The number of rotatable bonds is 4. The average molecular weight is 554 g/mol. The highest BCUT2D eigenvalue weighted by Crippen LogP contribution is 2.44. The van der Waals surface area contributed by atoms with Crippen molar-refractivity contribution >= 4 is 71.8 Å². The van der Waals surface area contributed by atoms with Gasteiger partial charge >= 0.3 is 0 Å². The van der Waals surface area contributed by atoms with E-state index in [-0.39, 0.29) is 0 Å². The number of pyridine rings is 2. The summed E-state index contributed by atoms with van der Waals surface area (Å²) in [7, 11) is 0. The molecule has 0 N–H and O–H groups in total. The molecule has 4 heterocycles. The van der Waals surface area contributed by atoms with Crippen LogP contribution in [0.2, 0.25) is 0 Å². The summed E-state index contributed by atoms with van der Waals surface area (Å²) in [6.07, 6.45) is 5.34. The minimum atomic E-state index is 0.634. The number of aromatic nitrogens is 2.